The molecule has 0 aromatic carbocycles. The fourth-order valence-corrected chi connectivity index (χ4v) is 5.78. The number of rotatable bonds is 5. The first kappa shape index (κ1) is 20.9. The molecule has 0 saturated carbocycles. The van der Waals surface area contributed by atoms with Crippen molar-refractivity contribution < 1.29 is 4.79 Å². The van der Waals surface area contributed by atoms with Gasteiger partial charge in [-0.05, 0) is 75.6 Å². The number of hydrogen-bond donors (Lipinski definition) is 1. The van der Waals surface area contributed by atoms with E-state index in [2.05, 4.69) is 30.1 Å². The molecule has 3 aliphatic rings. The number of fused-ring (bicyclic) bond motifs is 2. The van der Waals surface area contributed by atoms with Gasteiger partial charge in [0.25, 0.3) is 0 Å². The summed E-state index contributed by atoms with van der Waals surface area (Å²) in [6.45, 7) is 5.29. The molecule has 1 N–H and O–H groups in total. The number of anilines is 1. The highest BCUT2D eigenvalue weighted by Crippen LogP contribution is 2.30. The van der Waals surface area contributed by atoms with Gasteiger partial charge in [-0.1, -0.05) is 6.42 Å². The summed E-state index contributed by atoms with van der Waals surface area (Å²) in [5.41, 5.74) is 1.36. The van der Waals surface area contributed by atoms with Gasteiger partial charge in [0, 0.05) is 25.7 Å². The van der Waals surface area contributed by atoms with Crippen LogP contribution in [0.3, 0.4) is 0 Å². The van der Waals surface area contributed by atoms with Crippen LogP contribution in [0, 0.1) is 5.92 Å². The molecule has 3 fully saturated rings. The monoisotopic (exact) mass is 445 g/mol. The predicted molar refractivity (Wildman–Crippen MR) is 121 cm³/mol. The molecule has 2 aromatic rings. The zero-order valence-electron chi connectivity index (χ0n) is 18.1. The number of amides is 1. The van der Waals surface area contributed by atoms with E-state index in [4.69, 9.17) is 11.6 Å². The minimum Gasteiger partial charge on any atom is -0.355 e. The molecule has 168 valence electrons. The van der Waals surface area contributed by atoms with E-state index < -0.39 is 0 Å². The van der Waals surface area contributed by atoms with Crippen LogP contribution in [0.15, 0.2) is 6.33 Å². The molecule has 8 nitrogen and oxygen atoms in total. The molecular weight excluding hydrogens is 414 g/mol. The van der Waals surface area contributed by atoms with Gasteiger partial charge in [-0.2, -0.15) is 9.97 Å². The van der Waals surface area contributed by atoms with Crippen LogP contribution in [0.1, 0.15) is 51.4 Å². The average Bonchev–Trinajstić information content (AvgIpc) is 3.20. The van der Waals surface area contributed by atoms with Crippen LogP contribution in [0.5, 0.6) is 0 Å². The van der Waals surface area contributed by atoms with Crippen LogP contribution < -0.4 is 10.2 Å². The number of aromatic nitrogens is 4. The SMILES string of the molecule is O=C(Cn1cnc2c(N3CCCCC3)nc(Cl)nc21)NC[C@@H]1CCCN2CCCC[C@H]12. The Hall–Kier alpha value is -1.93. The Morgan fingerprint density at radius 1 is 1.03 bits per heavy atom. The van der Waals surface area contributed by atoms with Crippen molar-refractivity contribution in [3.8, 4) is 0 Å². The fraction of sp³-hybridized carbons (Fsp3) is 0.727. The summed E-state index contributed by atoms with van der Waals surface area (Å²) in [6.07, 6.45) is 11.5. The number of nitrogens with zero attached hydrogens (tertiary/aromatic N) is 6. The lowest BCUT2D eigenvalue weighted by molar-refractivity contribution is -0.122. The molecule has 3 saturated heterocycles. The molecule has 2 aromatic heterocycles. The number of piperidine rings is 3. The Bertz CT molecular complexity index is 924. The lowest BCUT2D eigenvalue weighted by Crippen LogP contribution is -2.51. The van der Waals surface area contributed by atoms with Crippen molar-refractivity contribution in [3.63, 3.8) is 0 Å². The highest BCUT2D eigenvalue weighted by Gasteiger charge is 2.33. The first-order valence-corrected chi connectivity index (χ1v) is 12.2. The third kappa shape index (κ3) is 4.51. The van der Waals surface area contributed by atoms with Crippen LogP contribution in [0.4, 0.5) is 5.82 Å². The summed E-state index contributed by atoms with van der Waals surface area (Å²) in [5.74, 6) is 1.34. The Balaban J connectivity index is 1.26. The second-order valence-corrected chi connectivity index (χ2v) is 9.55. The minimum atomic E-state index is 0.00138. The van der Waals surface area contributed by atoms with Crippen molar-refractivity contribution in [2.24, 2.45) is 5.92 Å². The van der Waals surface area contributed by atoms with Crippen molar-refractivity contribution in [1.29, 1.82) is 0 Å². The molecule has 5 heterocycles. The largest absolute Gasteiger partial charge is 0.355 e. The zero-order valence-corrected chi connectivity index (χ0v) is 18.9. The molecule has 0 radical (unpaired) electrons. The van der Waals surface area contributed by atoms with Crippen molar-refractivity contribution in [3.05, 3.63) is 11.6 Å². The molecule has 1 amide bonds. The van der Waals surface area contributed by atoms with Crippen LogP contribution in [0.2, 0.25) is 5.28 Å². The summed E-state index contributed by atoms with van der Waals surface area (Å²) in [7, 11) is 0. The van der Waals surface area contributed by atoms with E-state index in [9.17, 15) is 4.79 Å². The summed E-state index contributed by atoms with van der Waals surface area (Å²) < 4.78 is 1.79. The molecule has 3 aliphatic heterocycles. The Labute approximate surface area is 188 Å². The number of hydrogen-bond acceptors (Lipinski definition) is 6. The smallest absolute Gasteiger partial charge is 0.240 e. The summed E-state index contributed by atoms with van der Waals surface area (Å²) in [5, 5.41) is 3.38. The van der Waals surface area contributed by atoms with Gasteiger partial charge < -0.3 is 19.7 Å². The number of carbonyl (C=O) groups excluding carboxylic acids is 1. The molecule has 0 unspecified atom stereocenters. The van der Waals surface area contributed by atoms with Crippen LogP contribution in [0.25, 0.3) is 11.2 Å². The second kappa shape index (κ2) is 9.28. The van der Waals surface area contributed by atoms with Crippen molar-refractivity contribution in [1.82, 2.24) is 29.7 Å². The quantitative estimate of drug-likeness (QED) is 0.713. The third-order valence-electron chi connectivity index (χ3n) is 7.18. The van der Waals surface area contributed by atoms with Gasteiger partial charge >= 0.3 is 0 Å². The highest BCUT2D eigenvalue weighted by molar-refractivity contribution is 6.28. The maximum Gasteiger partial charge on any atom is 0.240 e. The fourth-order valence-electron chi connectivity index (χ4n) is 5.62. The van der Waals surface area contributed by atoms with E-state index in [1.54, 1.807) is 10.9 Å². The van der Waals surface area contributed by atoms with Crippen LogP contribution >= 0.6 is 11.6 Å². The average molecular weight is 446 g/mol. The van der Waals surface area contributed by atoms with Gasteiger partial charge in [0.2, 0.25) is 11.2 Å². The topological polar surface area (TPSA) is 79.2 Å². The standard InChI is InChI=1S/C22H32ClN7O/c23-22-26-20(29-10-3-1-4-11-29)19-21(27-22)30(15-25-19)14-18(31)24-13-16-7-6-12-28-9-5-2-8-17(16)28/h15-17H,1-14H2,(H,24,31)/t16-,17+/m0/s1. The van der Waals surface area contributed by atoms with Gasteiger partial charge in [0.05, 0.1) is 6.33 Å². The number of imidazole rings is 1. The van der Waals surface area contributed by atoms with Gasteiger partial charge in [-0.3, -0.25) is 4.79 Å². The lowest BCUT2D eigenvalue weighted by Gasteiger charge is -2.44. The van der Waals surface area contributed by atoms with E-state index in [1.165, 1.54) is 51.6 Å². The third-order valence-corrected chi connectivity index (χ3v) is 7.35. The normalized spacial score (nSPS) is 24.9. The molecule has 0 bridgehead atoms. The maximum atomic E-state index is 12.8. The summed E-state index contributed by atoms with van der Waals surface area (Å²) in [6, 6.07) is 0.635. The molecule has 2 atom stereocenters. The Morgan fingerprint density at radius 3 is 2.71 bits per heavy atom. The lowest BCUT2D eigenvalue weighted by atomic mass is 9.83. The van der Waals surface area contributed by atoms with Gasteiger partial charge in [0.1, 0.15) is 6.54 Å². The number of carbonyl (C=O) groups is 1. The molecule has 31 heavy (non-hydrogen) atoms. The first-order valence-electron chi connectivity index (χ1n) is 11.8. The number of nitrogens with one attached hydrogen (secondary N) is 1. The van der Waals surface area contributed by atoms with E-state index in [0.29, 0.717) is 17.6 Å². The van der Waals surface area contributed by atoms with E-state index in [-0.39, 0.29) is 17.7 Å². The van der Waals surface area contributed by atoms with E-state index >= 15 is 0 Å². The predicted octanol–water partition coefficient (Wildman–Crippen LogP) is 2.85. The second-order valence-electron chi connectivity index (χ2n) is 9.21. The zero-order chi connectivity index (χ0) is 21.2. The van der Waals surface area contributed by atoms with Gasteiger partial charge in [-0.25, -0.2) is 4.98 Å². The maximum absolute atomic E-state index is 12.8. The van der Waals surface area contributed by atoms with Crippen LogP contribution in [-0.4, -0.2) is 69.1 Å². The van der Waals surface area contributed by atoms with Gasteiger partial charge in [-0.15, -0.1) is 0 Å². The minimum absolute atomic E-state index is 0.00138. The Morgan fingerprint density at radius 2 is 1.84 bits per heavy atom. The first-order chi connectivity index (χ1) is 15.2. The molecule has 0 aliphatic carbocycles. The van der Waals surface area contributed by atoms with Crippen LogP contribution in [-0.2, 0) is 11.3 Å². The Kier molecular flexibility index (Phi) is 6.27. The van der Waals surface area contributed by atoms with E-state index in [1.807, 2.05) is 0 Å². The van der Waals surface area contributed by atoms with E-state index in [0.717, 1.165) is 43.8 Å². The summed E-state index contributed by atoms with van der Waals surface area (Å²) in [4.78, 5) is 31.0. The number of halogens is 1. The molecular formula is C22H32ClN7O. The molecule has 5 rings (SSSR count). The molecule has 0 spiro atoms. The van der Waals surface area contributed by atoms with Gasteiger partial charge in [0.15, 0.2) is 17.0 Å². The molecule has 9 heteroatoms. The highest BCUT2D eigenvalue weighted by atomic mass is 35.5. The van der Waals surface area contributed by atoms with Crippen molar-refractivity contribution in [2.75, 3.05) is 37.6 Å². The van der Waals surface area contributed by atoms with Crippen molar-refractivity contribution >= 4 is 34.5 Å². The van der Waals surface area contributed by atoms with Crippen molar-refractivity contribution in [2.45, 2.75) is 64.0 Å². The summed E-state index contributed by atoms with van der Waals surface area (Å²) >= 11 is 6.24.